The van der Waals surface area contributed by atoms with Crippen molar-refractivity contribution in [3.8, 4) is 11.5 Å². The molecule has 3 rings (SSSR count). The number of furan rings is 1. The molecule has 1 aliphatic rings. The van der Waals surface area contributed by atoms with Crippen molar-refractivity contribution in [2.45, 2.75) is 6.92 Å². The van der Waals surface area contributed by atoms with Crippen LogP contribution >= 0.6 is 0 Å². The fourth-order valence-electron chi connectivity index (χ4n) is 2.94. The van der Waals surface area contributed by atoms with E-state index in [2.05, 4.69) is 0 Å². The van der Waals surface area contributed by atoms with Crippen LogP contribution < -0.4 is 9.47 Å². The van der Waals surface area contributed by atoms with Crippen molar-refractivity contribution in [3.05, 3.63) is 47.9 Å². The zero-order valence-corrected chi connectivity index (χ0v) is 14.9. The molecule has 0 spiro atoms. The molecule has 0 saturated carbocycles. The Balaban J connectivity index is 1.65. The van der Waals surface area contributed by atoms with E-state index in [0.717, 1.165) is 0 Å². The summed E-state index contributed by atoms with van der Waals surface area (Å²) < 4.78 is 15.8. The highest BCUT2D eigenvalue weighted by Gasteiger charge is 2.26. The molecule has 2 aromatic rings. The molecular formula is C19H22N2O5. The largest absolute Gasteiger partial charge is 0.493 e. The second-order valence-electron chi connectivity index (χ2n) is 5.90. The average molecular weight is 358 g/mol. The molecule has 2 amide bonds. The smallest absolute Gasteiger partial charge is 0.257 e. The average Bonchev–Trinajstić information content (AvgIpc) is 3.22. The first-order chi connectivity index (χ1) is 12.6. The molecular weight excluding hydrogens is 336 g/mol. The lowest BCUT2D eigenvalue weighted by Gasteiger charge is -2.34. The zero-order valence-electron chi connectivity index (χ0n) is 14.9. The lowest BCUT2D eigenvalue weighted by atomic mass is 10.1. The molecule has 0 aliphatic carbocycles. The summed E-state index contributed by atoms with van der Waals surface area (Å²) >= 11 is 0. The number of nitrogens with zero attached hydrogens (tertiary/aromatic N) is 2. The van der Waals surface area contributed by atoms with Crippen LogP contribution in [0.5, 0.6) is 11.5 Å². The summed E-state index contributed by atoms with van der Waals surface area (Å²) in [5.41, 5.74) is 1.07. The van der Waals surface area contributed by atoms with Crippen LogP contribution in [0.1, 0.15) is 27.6 Å². The van der Waals surface area contributed by atoms with Crippen LogP contribution in [-0.4, -0.2) is 61.5 Å². The van der Waals surface area contributed by atoms with Gasteiger partial charge in [-0.05, 0) is 31.2 Å². The van der Waals surface area contributed by atoms with E-state index in [1.807, 2.05) is 6.92 Å². The Bertz CT molecular complexity index is 764. The molecule has 1 aromatic carbocycles. The van der Waals surface area contributed by atoms with Gasteiger partial charge in [-0.1, -0.05) is 0 Å². The van der Waals surface area contributed by atoms with Gasteiger partial charge in [-0.2, -0.15) is 0 Å². The first kappa shape index (κ1) is 17.8. The molecule has 0 N–H and O–H groups in total. The van der Waals surface area contributed by atoms with Gasteiger partial charge in [0.25, 0.3) is 11.8 Å². The standard InChI is InChI=1S/C19H22N2O5/c1-3-26-17-12-14(4-5-16(17)24-2)18(22)20-7-9-21(10-8-20)19(23)15-6-11-25-13-15/h4-6,11-13H,3,7-10H2,1-2H3. The van der Waals surface area contributed by atoms with Crippen molar-refractivity contribution in [1.29, 1.82) is 0 Å². The summed E-state index contributed by atoms with van der Waals surface area (Å²) in [6.45, 7) is 4.32. The number of carbonyl (C=O) groups is 2. The van der Waals surface area contributed by atoms with Crippen LogP contribution in [0.15, 0.2) is 41.2 Å². The van der Waals surface area contributed by atoms with Gasteiger partial charge < -0.3 is 23.7 Å². The molecule has 7 nitrogen and oxygen atoms in total. The predicted octanol–water partition coefficient (Wildman–Crippen LogP) is 2.29. The third-order valence-corrected chi connectivity index (χ3v) is 4.33. The summed E-state index contributed by atoms with van der Waals surface area (Å²) in [5, 5.41) is 0. The van der Waals surface area contributed by atoms with E-state index in [1.54, 1.807) is 41.2 Å². The Kier molecular flexibility index (Phi) is 5.46. The predicted molar refractivity (Wildman–Crippen MR) is 94.7 cm³/mol. The number of hydrogen-bond acceptors (Lipinski definition) is 5. The van der Waals surface area contributed by atoms with Gasteiger partial charge in [0.2, 0.25) is 0 Å². The van der Waals surface area contributed by atoms with Gasteiger partial charge in [-0.3, -0.25) is 9.59 Å². The van der Waals surface area contributed by atoms with Gasteiger partial charge in [-0.15, -0.1) is 0 Å². The molecule has 1 aromatic heterocycles. The fraction of sp³-hybridized carbons (Fsp3) is 0.368. The van der Waals surface area contributed by atoms with E-state index in [0.29, 0.717) is 55.4 Å². The second-order valence-corrected chi connectivity index (χ2v) is 5.90. The maximum Gasteiger partial charge on any atom is 0.257 e. The van der Waals surface area contributed by atoms with E-state index < -0.39 is 0 Å². The summed E-state index contributed by atoms with van der Waals surface area (Å²) in [4.78, 5) is 28.6. The molecule has 0 atom stereocenters. The lowest BCUT2D eigenvalue weighted by molar-refractivity contribution is 0.0535. The van der Waals surface area contributed by atoms with Gasteiger partial charge in [0.1, 0.15) is 6.26 Å². The van der Waals surface area contributed by atoms with E-state index in [9.17, 15) is 9.59 Å². The van der Waals surface area contributed by atoms with E-state index >= 15 is 0 Å². The number of methoxy groups -OCH3 is 1. The van der Waals surface area contributed by atoms with E-state index in [4.69, 9.17) is 13.9 Å². The maximum atomic E-state index is 12.8. The molecule has 1 fully saturated rings. The molecule has 0 bridgehead atoms. The van der Waals surface area contributed by atoms with Crippen LogP contribution in [0.3, 0.4) is 0 Å². The lowest BCUT2D eigenvalue weighted by Crippen LogP contribution is -2.50. The molecule has 0 radical (unpaired) electrons. The number of hydrogen-bond donors (Lipinski definition) is 0. The van der Waals surface area contributed by atoms with Crippen LogP contribution in [-0.2, 0) is 0 Å². The second kappa shape index (κ2) is 7.95. The van der Waals surface area contributed by atoms with Gasteiger partial charge in [0.15, 0.2) is 11.5 Å². The Hall–Kier alpha value is -2.96. The van der Waals surface area contributed by atoms with Gasteiger partial charge in [-0.25, -0.2) is 0 Å². The SMILES string of the molecule is CCOc1cc(C(=O)N2CCN(C(=O)c3ccoc3)CC2)ccc1OC. The van der Waals surface area contributed by atoms with E-state index in [-0.39, 0.29) is 11.8 Å². The molecule has 7 heteroatoms. The topological polar surface area (TPSA) is 72.2 Å². The number of carbonyl (C=O) groups excluding carboxylic acids is 2. The van der Waals surface area contributed by atoms with Gasteiger partial charge in [0, 0.05) is 31.7 Å². The highest BCUT2D eigenvalue weighted by atomic mass is 16.5. The van der Waals surface area contributed by atoms with Crippen molar-refractivity contribution < 1.29 is 23.5 Å². The number of amides is 2. The monoisotopic (exact) mass is 358 g/mol. The van der Waals surface area contributed by atoms with Crippen molar-refractivity contribution in [2.24, 2.45) is 0 Å². The van der Waals surface area contributed by atoms with Crippen LogP contribution in [0.4, 0.5) is 0 Å². The van der Waals surface area contributed by atoms with E-state index in [1.165, 1.54) is 12.5 Å². The molecule has 0 unspecified atom stereocenters. The molecule has 138 valence electrons. The van der Waals surface area contributed by atoms with Crippen LogP contribution in [0, 0.1) is 0 Å². The number of benzene rings is 1. The van der Waals surface area contributed by atoms with Crippen LogP contribution in [0.25, 0.3) is 0 Å². The van der Waals surface area contributed by atoms with Crippen molar-refractivity contribution in [1.82, 2.24) is 9.80 Å². The zero-order chi connectivity index (χ0) is 18.5. The summed E-state index contributed by atoms with van der Waals surface area (Å²) in [6, 6.07) is 6.81. The third kappa shape index (κ3) is 3.66. The number of ether oxygens (including phenoxy) is 2. The Morgan fingerprint density at radius 2 is 1.65 bits per heavy atom. The molecule has 1 saturated heterocycles. The van der Waals surface area contributed by atoms with Gasteiger partial charge in [0.05, 0.1) is 25.5 Å². The third-order valence-electron chi connectivity index (χ3n) is 4.33. The molecule has 1 aliphatic heterocycles. The van der Waals surface area contributed by atoms with Crippen molar-refractivity contribution >= 4 is 11.8 Å². The highest BCUT2D eigenvalue weighted by molar-refractivity contribution is 5.96. The highest BCUT2D eigenvalue weighted by Crippen LogP contribution is 2.28. The summed E-state index contributed by atoms with van der Waals surface area (Å²) in [6.07, 6.45) is 2.92. The first-order valence-electron chi connectivity index (χ1n) is 8.55. The molecule has 2 heterocycles. The Labute approximate surface area is 152 Å². The fourth-order valence-corrected chi connectivity index (χ4v) is 2.94. The minimum absolute atomic E-state index is 0.0751. The summed E-state index contributed by atoms with van der Waals surface area (Å²) in [7, 11) is 1.57. The Morgan fingerprint density at radius 3 is 2.19 bits per heavy atom. The minimum Gasteiger partial charge on any atom is -0.493 e. The normalized spacial score (nSPS) is 14.2. The maximum absolute atomic E-state index is 12.8. The first-order valence-corrected chi connectivity index (χ1v) is 8.55. The molecule has 26 heavy (non-hydrogen) atoms. The number of rotatable bonds is 5. The van der Waals surface area contributed by atoms with Crippen LogP contribution in [0.2, 0.25) is 0 Å². The Morgan fingerprint density at radius 1 is 1.00 bits per heavy atom. The van der Waals surface area contributed by atoms with Crippen molar-refractivity contribution in [3.63, 3.8) is 0 Å². The quantitative estimate of drug-likeness (QED) is 0.820. The minimum atomic E-state index is -0.0796. The van der Waals surface area contributed by atoms with Crippen molar-refractivity contribution in [2.75, 3.05) is 39.9 Å². The number of piperazine rings is 1. The van der Waals surface area contributed by atoms with Gasteiger partial charge >= 0.3 is 0 Å². The summed E-state index contributed by atoms with van der Waals surface area (Å²) in [5.74, 6) is 0.992.